The van der Waals surface area contributed by atoms with E-state index >= 15 is 0 Å². The van der Waals surface area contributed by atoms with Gasteiger partial charge in [0.2, 0.25) is 0 Å². The molecule has 21 heavy (non-hydrogen) atoms. The summed E-state index contributed by atoms with van der Waals surface area (Å²) >= 11 is 11.9. The molecule has 0 spiro atoms. The van der Waals surface area contributed by atoms with Crippen molar-refractivity contribution in [1.82, 2.24) is 5.43 Å². The number of halogens is 3. The van der Waals surface area contributed by atoms with Gasteiger partial charge in [-0.15, -0.1) is 0 Å². The van der Waals surface area contributed by atoms with E-state index in [9.17, 15) is 0 Å². The molecule has 6 heteroatoms. The van der Waals surface area contributed by atoms with Gasteiger partial charge < -0.3 is 4.74 Å². The Morgan fingerprint density at radius 1 is 1.33 bits per heavy atom. The van der Waals surface area contributed by atoms with E-state index in [1.165, 1.54) is 0 Å². The third-order valence-corrected chi connectivity index (χ3v) is 5.40. The Labute approximate surface area is 151 Å². The van der Waals surface area contributed by atoms with Gasteiger partial charge in [0.1, 0.15) is 5.75 Å². The zero-order valence-electron chi connectivity index (χ0n) is 11.4. The van der Waals surface area contributed by atoms with E-state index in [1.807, 2.05) is 36.4 Å². The lowest BCUT2D eigenvalue weighted by Crippen LogP contribution is -2.29. The first kappa shape index (κ1) is 17.0. The highest BCUT2D eigenvalue weighted by molar-refractivity contribution is 14.1. The second-order valence-electron chi connectivity index (χ2n) is 4.57. The molecule has 3 nitrogen and oxygen atoms in total. The van der Waals surface area contributed by atoms with Crippen molar-refractivity contribution in [2.75, 3.05) is 7.11 Å². The average Bonchev–Trinajstić information content (AvgIpc) is 2.48. The van der Waals surface area contributed by atoms with Crippen molar-refractivity contribution in [3.8, 4) is 5.75 Å². The first-order valence-corrected chi connectivity index (χ1v) is 8.53. The van der Waals surface area contributed by atoms with Gasteiger partial charge in [0.25, 0.3) is 0 Å². The fraction of sp³-hybridized carbons (Fsp3) is 0.200. The summed E-state index contributed by atoms with van der Waals surface area (Å²) in [5, 5.41) is 0.740. The predicted molar refractivity (Wildman–Crippen MR) is 98.6 cm³/mol. The van der Waals surface area contributed by atoms with Crippen LogP contribution in [0.25, 0.3) is 0 Å². The molecular weight excluding hydrogens is 466 g/mol. The molecule has 0 saturated carbocycles. The fourth-order valence-corrected chi connectivity index (χ4v) is 3.19. The molecule has 0 heterocycles. The molecule has 0 saturated heterocycles. The molecule has 2 aromatic carbocycles. The normalized spacial score (nSPS) is 12.2. The largest absolute Gasteiger partial charge is 0.496 e. The van der Waals surface area contributed by atoms with Crippen molar-refractivity contribution in [1.29, 1.82) is 0 Å². The molecule has 2 rings (SSSR count). The van der Waals surface area contributed by atoms with Crippen LogP contribution in [0.3, 0.4) is 0 Å². The predicted octanol–water partition coefficient (Wildman–Crippen LogP) is 4.46. The van der Waals surface area contributed by atoms with Crippen molar-refractivity contribution in [3.63, 3.8) is 0 Å². The zero-order valence-corrected chi connectivity index (χ0v) is 15.9. The van der Waals surface area contributed by atoms with Crippen LogP contribution in [-0.2, 0) is 6.42 Å². The summed E-state index contributed by atoms with van der Waals surface area (Å²) in [6.07, 6.45) is 0.760. The van der Waals surface area contributed by atoms with Gasteiger partial charge in [-0.05, 0) is 80.3 Å². The van der Waals surface area contributed by atoms with E-state index in [0.717, 1.165) is 36.4 Å². The zero-order chi connectivity index (χ0) is 15.4. The summed E-state index contributed by atoms with van der Waals surface area (Å²) in [7, 11) is 1.65. The monoisotopic (exact) mass is 480 g/mol. The van der Waals surface area contributed by atoms with Crippen LogP contribution in [0.1, 0.15) is 17.2 Å². The molecule has 112 valence electrons. The smallest absolute Gasteiger partial charge is 0.133 e. The van der Waals surface area contributed by atoms with E-state index in [4.69, 9.17) is 22.2 Å². The van der Waals surface area contributed by atoms with Gasteiger partial charge in [-0.3, -0.25) is 11.3 Å². The lowest BCUT2D eigenvalue weighted by Gasteiger charge is -2.17. The van der Waals surface area contributed by atoms with E-state index < -0.39 is 0 Å². The van der Waals surface area contributed by atoms with Gasteiger partial charge in [-0.25, -0.2) is 0 Å². The maximum Gasteiger partial charge on any atom is 0.133 e. The minimum absolute atomic E-state index is 0.000190. The molecule has 0 amide bonds. The van der Waals surface area contributed by atoms with Crippen LogP contribution in [0.5, 0.6) is 5.75 Å². The molecule has 0 aliphatic heterocycles. The highest BCUT2D eigenvalue weighted by atomic mass is 127. The highest BCUT2D eigenvalue weighted by Gasteiger charge is 2.13. The van der Waals surface area contributed by atoms with Crippen LogP contribution in [0.15, 0.2) is 40.9 Å². The van der Waals surface area contributed by atoms with Gasteiger partial charge in [0, 0.05) is 3.57 Å². The molecule has 0 aliphatic carbocycles. The first-order valence-electron chi connectivity index (χ1n) is 6.28. The number of nitrogens with two attached hydrogens (primary N) is 1. The number of nitrogens with one attached hydrogen (secondary N) is 1. The Balaban J connectivity index is 2.22. The van der Waals surface area contributed by atoms with Crippen LogP contribution in [0, 0.1) is 3.57 Å². The van der Waals surface area contributed by atoms with Crippen molar-refractivity contribution in [2.45, 2.75) is 12.5 Å². The van der Waals surface area contributed by atoms with E-state index in [2.05, 4.69) is 43.9 Å². The molecule has 0 fully saturated rings. The standard InChI is InChI=1S/C15H15BrClIN2O/c1-21-15-5-2-9(6-11(15)16)7-14(20-19)10-3-4-13(18)12(17)8-10/h2-6,8,14,20H,7,19H2,1H3. The summed E-state index contributed by atoms with van der Waals surface area (Å²) < 4.78 is 7.20. The number of benzene rings is 2. The Morgan fingerprint density at radius 2 is 2.10 bits per heavy atom. The fourth-order valence-electron chi connectivity index (χ4n) is 2.07. The number of ether oxygens (including phenoxy) is 1. The topological polar surface area (TPSA) is 47.3 Å². The SMILES string of the molecule is COc1ccc(CC(NN)c2ccc(I)c(Cl)c2)cc1Br. The quantitative estimate of drug-likeness (QED) is 0.377. The second-order valence-corrected chi connectivity index (χ2v) is 6.99. The number of hydrazine groups is 1. The summed E-state index contributed by atoms with van der Waals surface area (Å²) in [6.45, 7) is 0. The van der Waals surface area contributed by atoms with Gasteiger partial charge >= 0.3 is 0 Å². The van der Waals surface area contributed by atoms with Crippen molar-refractivity contribution in [2.24, 2.45) is 5.84 Å². The molecule has 1 unspecified atom stereocenters. The lowest BCUT2D eigenvalue weighted by molar-refractivity contribution is 0.412. The average molecular weight is 482 g/mol. The van der Waals surface area contributed by atoms with Crippen molar-refractivity contribution in [3.05, 3.63) is 60.6 Å². The molecule has 0 aliphatic rings. The van der Waals surface area contributed by atoms with E-state index in [-0.39, 0.29) is 6.04 Å². The number of methoxy groups -OCH3 is 1. The summed E-state index contributed by atoms with van der Waals surface area (Å²) in [5.74, 6) is 6.52. The Bertz CT molecular complexity index is 639. The van der Waals surface area contributed by atoms with Crippen LogP contribution in [-0.4, -0.2) is 7.11 Å². The van der Waals surface area contributed by atoms with E-state index in [1.54, 1.807) is 7.11 Å². The maximum absolute atomic E-state index is 6.18. The lowest BCUT2D eigenvalue weighted by atomic mass is 9.99. The number of hydrogen-bond acceptors (Lipinski definition) is 3. The summed E-state index contributed by atoms with van der Waals surface area (Å²) in [5.41, 5.74) is 5.07. The number of hydrogen-bond donors (Lipinski definition) is 2. The third-order valence-electron chi connectivity index (χ3n) is 3.20. The Kier molecular flexibility index (Phi) is 6.31. The third kappa shape index (κ3) is 4.32. The Morgan fingerprint density at radius 3 is 2.67 bits per heavy atom. The molecule has 1 atom stereocenters. The first-order chi connectivity index (χ1) is 10.0. The number of rotatable bonds is 5. The van der Waals surface area contributed by atoms with Crippen molar-refractivity contribution < 1.29 is 4.74 Å². The summed E-state index contributed by atoms with van der Waals surface area (Å²) in [4.78, 5) is 0. The Hall–Kier alpha value is -0.340. The molecule has 3 N–H and O–H groups in total. The van der Waals surface area contributed by atoms with Gasteiger partial charge in [-0.2, -0.15) is 0 Å². The molecule has 0 radical (unpaired) electrons. The van der Waals surface area contributed by atoms with Crippen LogP contribution in [0.4, 0.5) is 0 Å². The van der Waals surface area contributed by atoms with Gasteiger partial charge in [0.15, 0.2) is 0 Å². The second kappa shape index (κ2) is 7.78. The molecular formula is C15H15BrClIN2O. The van der Waals surface area contributed by atoms with E-state index in [0.29, 0.717) is 0 Å². The van der Waals surface area contributed by atoms with Crippen LogP contribution in [0.2, 0.25) is 5.02 Å². The minimum Gasteiger partial charge on any atom is -0.496 e. The highest BCUT2D eigenvalue weighted by Crippen LogP contribution is 2.29. The van der Waals surface area contributed by atoms with Gasteiger partial charge in [0.05, 0.1) is 22.6 Å². The molecule has 0 bridgehead atoms. The maximum atomic E-state index is 6.18. The minimum atomic E-state index is -0.000190. The van der Waals surface area contributed by atoms with Crippen LogP contribution < -0.4 is 16.0 Å². The summed E-state index contributed by atoms with van der Waals surface area (Å²) in [6, 6.07) is 12.0. The van der Waals surface area contributed by atoms with Gasteiger partial charge in [-0.1, -0.05) is 23.7 Å². The molecule has 2 aromatic rings. The molecule has 0 aromatic heterocycles. The van der Waals surface area contributed by atoms with Crippen molar-refractivity contribution >= 4 is 50.1 Å². The van der Waals surface area contributed by atoms with Crippen LogP contribution >= 0.6 is 50.1 Å².